The Hall–Kier alpha value is -3.86. The summed E-state index contributed by atoms with van der Waals surface area (Å²) in [6, 6.07) is 18.8. The van der Waals surface area contributed by atoms with Crippen LogP contribution in [0.15, 0.2) is 59.5 Å². The van der Waals surface area contributed by atoms with Crippen molar-refractivity contribution < 1.29 is 14.6 Å². The molecule has 1 atom stereocenters. The van der Waals surface area contributed by atoms with Gasteiger partial charge in [-0.2, -0.15) is 10.2 Å². The Morgan fingerprint density at radius 3 is 2.73 bits per heavy atom. The molecular weight excluding hydrogens is 662 g/mol. The van der Waals surface area contributed by atoms with Gasteiger partial charge in [0.15, 0.2) is 0 Å². The highest BCUT2D eigenvalue weighted by Gasteiger charge is 2.31. The van der Waals surface area contributed by atoms with Crippen LogP contribution in [-0.4, -0.2) is 41.8 Å². The molecule has 3 aromatic heterocycles. The van der Waals surface area contributed by atoms with Crippen molar-refractivity contribution in [3.63, 3.8) is 0 Å². The first-order chi connectivity index (χ1) is 23.3. The van der Waals surface area contributed by atoms with E-state index in [9.17, 15) is 9.90 Å². The van der Waals surface area contributed by atoms with E-state index in [1.54, 1.807) is 23.5 Å². The van der Waals surface area contributed by atoms with Crippen molar-refractivity contribution in [2.45, 2.75) is 60.8 Å². The zero-order chi connectivity index (χ0) is 33.1. The van der Waals surface area contributed by atoms with Crippen molar-refractivity contribution in [2.75, 3.05) is 6.61 Å². The second-order valence-electron chi connectivity index (χ2n) is 12.8. The predicted molar refractivity (Wildman–Crippen MR) is 195 cm³/mol. The second kappa shape index (κ2) is 12.5. The van der Waals surface area contributed by atoms with E-state index in [1.165, 1.54) is 11.4 Å². The number of aromatic nitrogens is 5. The summed E-state index contributed by atoms with van der Waals surface area (Å²) in [5, 5.41) is 24.2. The number of ether oxygens (including phenoxy) is 1. The molecule has 0 fully saturated rings. The molecule has 1 unspecified atom stereocenters. The molecule has 0 amide bonds. The minimum atomic E-state index is -0.950. The van der Waals surface area contributed by atoms with Gasteiger partial charge in [0.2, 0.25) is 0 Å². The maximum atomic E-state index is 12.9. The molecule has 246 valence electrons. The van der Waals surface area contributed by atoms with E-state index in [0.717, 1.165) is 91.3 Å². The number of hydrogen-bond donors (Lipinski definition) is 1. The van der Waals surface area contributed by atoms with Gasteiger partial charge < -0.3 is 14.4 Å². The summed E-state index contributed by atoms with van der Waals surface area (Å²) >= 11 is 10.7. The van der Waals surface area contributed by atoms with Crippen LogP contribution in [0.25, 0.3) is 32.8 Å². The predicted octanol–water partition coefficient (Wildman–Crippen LogP) is 8.84. The first-order valence-corrected chi connectivity index (χ1v) is 18.8. The molecule has 3 aromatic carbocycles. The van der Waals surface area contributed by atoms with Crippen LogP contribution in [0.1, 0.15) is 64.5 Å². The van der Waals surface area contributed by atoms with Crippen molar-refractivity contribution in [1.29, 1.82) is 0 Å². The van der Waals surface area contributed by atoms with Gasteiger partial charge >= 0.3 is 5.97 Å². The Kier molecular flexibility index (Phi) is 8.21. The summed E-state index contributed by atoms with van der Waals surface area (Å²) < 4.78 is 12.5. The highest BCUT2D eigenvalue weighted by Crippen LogP contribution is 2.45. The van der Waals surface area contributed by atoms with Crippen LogP contribution in [0.3, 0.4) is 0 Å². The number of halogens is 1. The highest BCUT2D eigenvalue weighted by atomic mass is 35.5. The molecule has 0 spiro atoms. The molecule has 0 aliphatic carbocycles. The summed E-state index contributed by atoms with van der Waals surface area (Å²) in [5.41, 5.74) is 8.22. The largest absolute Gasteiger partial charge is 0.493 e. The third-order valence-electron chi connectivity index (χ3n) is 9.71. The maximum absolute atomic E-state index is 12.9. The van der Waals surface area contributed by atoms with Gasteiger partial charge in [0, 0.05) is 76.1 Å². The second-order valence-corrected chi connectivity index (χ2v) is 15.2. The average Bonchev–Trinajstić information content (AvgIpc) is 3.82. The van der Waals surface area contributed by atoms with Gasteiger partial charge in [-0.15, -0.1) is 23.5 Å². The van der Waals surface area contributed by atoms with Crippen molar-refractivity contribution in [3.05, 3.63) is 93.7 Å². The van der Waals surface area contributed by atoms with Crippen LogP contribution in [0.4, 0.5) is 0 Å². The number of aromatic carboxylic acids is 1. The molecule has 11 heteroatoms. The van der Waals surface area contributed by atoms with Gasteiger partial charge in [0.1, 0.15) is 11.4 Å². The highest BCUT2D eigenvalue weighted by molar-refractivity contribution is 7.98. The molecule has 5 heterocycles. The fraction of sp³-hybridized carbons (Fsp3) is 0.324. The zero-order valence-corrected chi connectivity index (χ0v) is 29.5. The molecular formula is C37H36ClN5O3S2. The quantitative estimate of drug-likeness (QED) is 0.184. The van der Waals surface area contributed by atoms with Crippen molar-refractivity contribution in [2.24, 2.45) is 14.1 Å². The SMILES string of the molecule is CC1CCOc2cc(cc3ccccc23)SCc2cc(nn2C)CSCc2nn3c(c2-c2c(Cl)ccc4c1c(C(=O)O)n(C)c24)CCC3. The Morgan fingerprint density at radius 1 is 1.02 bits per heavy atom. The summed E-state index contributed by atoms with van der Waals surface area (Å²) in [6.45, 7) is 3.41. The van der Waals surface area contributed by atoms with Gasteiger partial charge in [-0.3, -0.25) is 9.36 Å². The number of carboxylic acid groups (broad SMARTS) is 1. The standard InChI is InChI=1S/C37H36ClN5O3S2/c1-21-12-14-46-31-17-25(15-22-7-4-5-8-26(22)31)48-19-24-16-23(39-42(24)3)18-47-20-29-34(30-9-6-13-43(30)40-29)33-28(38)11-10-27-32(21)36(37(44)45)41(2)35(27)33/h4-5,7-8,10-11,15-17,21H,6,9,12-14,18-20H2,1-3H3,(H,44,45). The van der Waals surface area contributed by atoms with Crippen LogP contribution >= 0.6 is 35.1 Å². The van der Waals surface area contributed by atoms with E-state index >= 15 is 0 Å². The Morgan fingerprint density at radius 2 is 1.88 bits per heavy atom. The van der Waals surface area contributed by atoms with E-state index < -0.39 is 5.97 Å². The summed E-state index contributed by atoms with van der Waals surface area (Å²) in [6.07, 6.45) is 2.58. The Balaban J connectivity index is 1.28. The number of aryl methyl sites for hydroxylation is 3. The number of rotatable bonds is 1. The maximum Gasteiger partial charge on any atom is 0.352 e. The number of thioether (sulfide) groups is 2. The van der Waals surface area contributed by atoms with Gasteiger partial charge in [0.25, 0.3) is 0 Å². The van der Waals surface area contributed by atoms with E-state index in [-0.39, 0.29) is 11.6 Å². The van der Waals surface area contributed by atoms with Crippen molar-refractivity contribution in [1.82, 2.24) is 24.1 Å². The third kappa shape index (κ3) is 5.38. The molecule has 6 aromatic rings. The lowest BCUT2D eigenvalue weighted by molar-refractivity contribution is 0.0685. The van der Waals surface area contributed by atoms with Gasteiger partial charge in [-0.25, -0.2) is 4.79 Å². The van der Waals surface area contributed by atoms with Gasteiger partial charge in [0.05, 0.1) is 28.5 Å². The molecule has 0 saturated heterocycles. The lowest BCUT2D eigenvalue weighted by atomic mass is 9.92. The van der Waals surface area contributed by atoms with Crippen LogP contribution in [0.2, 0.25) is 5.02 Å². The lowest BCUT2D eigenvalue weighted by Crippen LogP contribution is -2.11. The first kappa shape index (κ1) is 31.4. The minimum absolute atomic E-state index is 0.0848. The van der Waals surface area contributed by atoms with Gasteiger partial charge in [-0.05, 0) is 60.4 Å². The molecule has 2 aliphatic heterocycles. The average molecular weight is 698 g/mol. The zero-order valence-electron chi connectivity index (χ0n) is 27.1. The molecule has 0 radical (unpaired) electrons. The molecule has 2 aliphatic rings. The van der Waals surface area contributed by atoms with E-state index in [2.05, 4.69) is 48.0 Å². The molecule has 8 bridgehead atoms. The number of hydrogen-bond acceptors (Lipinski definition) is 6. The van der Waals surface area contributed by atoms with E-state index in [0.29, 0.717) is 23.8 Å². The molecule has 1 N–H and O–H groups in total. The Labute approximate surface area is 292 Å². The first-order valence-electron chi connectivity index (χ1n) is 16.3. The number of nitrogens with zero attached hydrogens (tertiary/aromatic N) is 5. The molecule has 0 saturated carbocycles. The summed E-state index contributed by atoms with van der Waals surface area (Å²) in [7, 11) is 3.86. The number of benzene rings is 3. The molecule has 8 nitrogen and oxygen atoms in total. The van der Waals surface area contributed by atoms with Gasteiger partial charge in [-0.1, -0.05) is 48.9 Å². The summed E-state index contributed by atoms with van der Waals surface area (Å²) in [5.74, 6) is 2.04. The molecule has 8 rings (SSSR count). The topological polar surface area (TPSA) is 87.1 Å². The van der Waals surface area contributed by atoms with Crippen LogP contribution in [0, 0.1) is 0 Å². The van der Waals surface area contributed by atoms with E-state index in [1.807, 2.05) is 41.5 Å². The third-order valence-corrected chi connectivity index (χ3v) is 12.0. The van der Waals surface area contributed by atoms with E-state index in [4.69, 9.17) is 26.5 Å². The lowest BCUT2D eigenvalue weighted by Gasteiger charge is -2.16. The normalized spacial score (nSPS) is 16.9. The fourth-order valence-electron chi connectivity index (χ4n) is 7.45. The Bertz CT molecular complexity index is 2240. The smallest absolute Gasteiger partial charge is 0.352 e. The number of fused-ring (bicyclic) bond motifs is 10. The van der Waals surface area contributed by atoms with Crippen molar-refractivity contribution >= 4 is 62.8 Å². The summed E-state index contributed by atoms with van der Waals surface area (Å²) in [4.78, 5) is 14.1. The fourth-order valence-corrected chi connectivity index (χ4v) is 9.53. The van der Waals surface area contributed by atoms with Crippen LogP contribution in [-0.2, 0) is 44.3 Å². The van der Waals surface area contributed by atoms with Crippen LogP contribution in [0.5, 0.6) is 5.75 Å². The van der Waals surface area contributed by atoms with Crippen LogP contribution < -0.4 is 4.74 Å². The monoisotopic (exact) mass is 697 g/mol. The number of carboxylic acids is 1. The van der Waals surface area contributed by atoms with Crippen molar-refractivity contribution in [3.8, 4) is 16.9 Å². The number of carbonyl (C=O) groups is 1. The molecule has 48 heavy (non-hydrogen) atoms. The minimum Gasteiger partial charge on any atom is -0.493 e.